The second-order valence-corrected chi connectivity index (χ2v) is 6.59. The van der Waals surface area contributed by atoms with Gasteiger partial charge in [0.2, 0.25) is 5.95 Å². The lowest BCUT2D eigenvalue weighted by atomic mass is 10.0. The van der Waals surface area contributed by atoms with Crippen LogP contribution in [0.2, 0.25) is 0 Å². The van der Waals surface area contributed by atoms with Crippen LogP contribution < -0.4 is 5.73 Å². The number of esters is 2. The number of carbonyl (C=O) groups excluding carboxylic acids is 2. The van der Waals surface area contributed by atoms with Crippen LogP contribution in [0.4, 0.5) is 5.95 Å². The predicted octanol–water partition coefficient (Wildman–Crippen LogP) is 0.855. The first-order valence-corrected chi connectivity index (χ1v) is 7.94. The molecule has 3 rings (SSSR count). The van der Waals surface area contributed by atoms with E-state index in [4.69, 9.17) is 15.2 Å². The van der Waals surface area contributed by atoms with E-state index in [1.54, 1.807) is 10.9 Å². The quantitative estimate of drug-likeness (QED) is 0.329. The molecule has 0 saturated carbocycles. The Kier molecular flexibility index (Phi) is 3.86. The number of rotatable bonds is 3. The zero-order chi connectivity index (χ0) is 16.8. The number of cyclic esters (lactones) is 2. The van der Waals surface area contributed by atoms with Gasteiger partial charge >= 0.3 is 11.9 Å². The second-order valence-electron chi connectivity index (χ2n) is 5.57. The summed E-state index contributed by atoms with van der Waals surface area (Å²) in [5, 5.41) is 0. The standard InChI is InChI=1S/C13H14IN5O4/c1-13(2)22-10(20)6(11(21)23-13)3-4-19-5-16-7-8(14)17-12(15)18-9(7)19/h5-6H,3-4H2,1-2H3,(H2,15,17,18). The minimum atomic E-state index is -1.22. The third kappa shape index (κ3) is 3.07. The molecule has 122 valence electrons. The van der Waals surface area contributed by atoms with Crippen molar-refractivity contribution >= 4 is 51.6 Å². The third-order valence-corrected chi connectivity index (χ3v) is 4.11. The van der Waals surface area contributed by atoms with E-state index >= 15 is 0 Å². The van der Waals surface area contributed by atoms with Crippen LogP contribution in [0.25, 0.3) is 11.2 Å². The number of fused-ring (bicyclic) bond motifs is 1. The monoisotopic (exact) mass is 431 g/mol. The summed E-state index contributed by atoms with van der Waals surface area (Å²) in [5.74, 6) is -3.20. The van der Waals surface area contributed by atoms with Crippen molar-refractivity contribution in [1.82, 2.24) is 19.5 Å². The van der Waals surface area contributed by atoms with Gasteiger partial charge in [-0.3, -0.25) is 9.59 Å². The predicted molar refractivity (Wildman–Crippen MR) is 86.8 cm³/mol. The van der Waals surface area contributed by atoms with E-state index in [1.165, 1.54) is 13.8 Å². The van der Waals surface area contributed by atoms with E-state index < -0.39 is 23.6 Å². The van der Waals surface area contributed by atoms with Gasteiger partial charge in [-0.15, -0.1) is 0 Å². The van der Waals surface area contributed by atoms with E-state index in [1.807, 2.05) is 22.6 Å². The molecular formula is C13H14IN5O4. The Bertz CT molecular complexity index is 783. The average Bonchev–Trinajstić information content (AvgIpc) is 2.79. The van der Waals surface area contributed by atoms with Gasteiger partial charge in [-0.1, -0.05) is 0 Å². The molecule has 2 N–H and O–H groups in total. The molecule has 0 radical (unpaired) electrons. The molecule has 0 amide bonds. The van der Waals surface area contributed by atoms with E-state index in [0.29, 0.717) is 21.4 Å². The highest BCUT2D eigenvalue weighted by Gasteiger charge is 2.42. The van der Waals surface area contributed by atoms with Gasteiger partial charge in [-0.25, -0.2) is 9.97 Å². The van der Waals surface area contributed by atoms with E-state index in [9.17, 15) is 9.59 Å². The first-order chi connectivity index (χ1) is 10.8. The maximum Gasteiger partial charge on any atom is 0.323 e. The van der Waals surface area contributed by atoms with Crippen molar-refractivity contribution in [2.24, 2.45) is 5.92 Å². The van der Waals surface area contributed by atoms with Crippen molar-refractivity contribution in [2.75, 3.05) is 5.73 Å². The fourth-order valence-electron chi connectivity index (χ4n) is 2.34. The third-order valence-electron chi connectivity index (χ3n) is 3.36. The molecule has 2 aromatic rings. The van der Waals surface area contributed by atoms with Crippen molar-refractivity contribution in [2.45, 2.75) is 32.6 Å². The van der Waals surface area contributed by atoms with Gasteiger partial charge in [0.1, 0.15) is 9.22 Å². The van der Waals surface area contributed by atoms with E-state index in [2.05, 4.69) is 15.0 Å². The Balaban J connectivity index is 1.79. The Morgan fingerprint density at radius 1 is 1.30 bits per heavy atom. The fourth-order valence-corrected chi connectivity index (χ4v) is 2.96. The number of nitrogens with zero attached hydrogens (tertiary/aromatic N) is 4. The summed E-state index contributed by atoms with van der Waals surface area (Å²) in [7, 11) is 0. The smallest absolute Gasteiger partial charge is 0.323 e. The minimum Gasteiger partial charge on any atom is -0.422 e. The molecule has 1 fully saturated rings. The molecule has 23 heavy (non-hydrogen) atoms. The number of aromatic nitrogens is 4. The molecule has 1 aliphatic heterocycles. The fraction of sp³-hybridized carbons (Fsp3) is 0.462. The Hall–Kier alpha value is -1.98. The zero-order valence-corrected chi connectivity index (χ0v) is 14.6. The number of hydrogen-bond acceptors (Lipinski definition) is 8. The number of hydrogen-bond donors (Lipinski definition) is 1. The van der Waals surface area contributed by atoms with Gasteiger partial charge in [0.05, 0.1) is 6.33 Å². The number of ether oxygens (including phenoxy) is 2. The average molecular weight is 431 g/mol. The van der Waals surface area contributed by atoms with Crippen molar-refractivity contribution in [3.63, 3.8) is 0 Å². The number of anilines is 1. The first kappa shape index (κ1) is 15.9. The maximum absolute atomic E-state index is 12.0. The molecule has 0 aromatic carbocycles. The van der Waals surface area contributed by atoms with E-state index in [0.717, 1.165) is 0 Å². The molecule has 3 heterocycles. The Morgan fingerprint density at radius 2 is 1.96 bits per heavy atom. The summed E-state index contributed by atoms with van der Waals surface area (Å²) in [6, 6.07) is 0. The zero-order valence-electron chi connectivity index (χ0n) is 12.4. The van der Waals surface area contributed by atoms with Crippen LogP contribution in [-0.4, -0.2) is 37.2 Å². The lowest BCUT2D eigenvalue weighted by Crippen LogP contribution is -2.46. The van der Waals surface area contributed by atoms with Crippen molar-refractivity contribution in [3.05, 3.63) is 10.0 Å². The largest absolute Gasteiger partial charge is 0.422 e. The summed E-state index contributed by atoms with van der Waals surface area (Å²) < 4.78 is 12.6. The van der Waals surface area contributed by atoms with Gasteiger partial charge < -0.3 is 19.8 Å². The summed E-state index contributed by atoms with van der Waals surface area (Å²) >= 11 is 2.02. The highest BCUT2D eigenvalue weighted by molar-refractivity contribution is 14.1. The molecule has 2 aromatic heterocycles. The van der Waals surface area contributed by atoms with Crippen LogP contribution in [0.5, 0.6) is 0 Å². The van der Waals surface area contributed by atoms with Crippen LogP contribution in [0.15, 0.2) is 6.33 Å². The number of carbonyl (C=O) groups is 2. The minimum absolute atomic E-state index is 0.141. The van der Waals surface area contributed by atoms with Gasteiger partial charge in [0.25, 0.3) is 5.79 Å². The molecule has 1 saturated heterocycles. The van der Waals surface area contributed by atoms with Crippen molar-refractivity contribution in [3.8, 4) is 0 Å². The molecule has 0 spiro atoms. The van der Waals surface area contributed by atoms with Crippen LogP contribution in [0.1, 0.15) is 20.3 Å². The summed E-state index contributed by atoms with van der Waals surface area (Å²) in [6.45, 7) is 3.38. The second kappa shape index (κ2) is 5.58. The Labute approximate surface area is 144 Å². The molecule has 10 heteroatoms. The molecule has 1 aliphatic rings. The van der Waals surface area contributed by atoms with Gasteiger partial charge in [-0.05, 0) is 29.0 Å². The number of aryl methyl sites for hydroxylation is 1. The number of nitrogen functional groups attached to an aromatic ring is 1. The molecule has 0 bridgehead atoms. The van der Waals surface area contributed by atoms with Crippen LogP contribution in [0.3, 0.4) is 0 Å². The SMILES string of the molecule is CC1(C)OC(=O)C(CCn2cnc3c(I)nc(N)nc32)C(=O)O1. The topological polar surface area (TPSA) is 122 Å². The van der Waals surface area contributed by atoms with Gasteiger partial charge in [-0.2, -0.15) is 4.98 Å². The lowest BCUT2D eigenvalue weighted by molar-refractivity contribution is -0.240. The lowest BCUT2D eigenvalue weighted by Gasteiger charge is -2.32. The van der Waals surface area contributed by atoms with E-state index in [-0.39, 0.29) is 12.4 Å². The number of nitrogens with two attached hydrogens (primary N) is 1. The summed E-state index contributed by atoms with van der Waals surface area (Å²) in [4.78, 5) is 36.3. The van der Waals surface area contributed by atoms with Crippen LogP contribution in [0, 0.1) is 9.62 Å². The highest BCUT2D eigenvalue weighted by Crippen LogP contribution is 2.26. The van der Waals surface area contributed by atoms with Crippen molar-refractivity contribution in [1.29, 1.82) is 0 Å². The van der Waals surface area contributed by atoms with Crippen molar-refractivity contribution < 1.29 is 19.1 Å². The highest BCUT2D eigenvalue weighted by atomic mass is 127. The molecule has 0 aliphatic carbocycles. The summed E-state index contributed by atoms with van der Waals surface area (Å²) in [5.41, 5.74) is 6.82. The normalized spacial score (nSPS) is 18.0. The molecule has 9 nitrogen and oxygen atoms in total. The van der Waals surface area contributed by atoms with Crippen LogP contribution in [-0.2, 0) is 25.6 Å². The first-order valence-electron chi connectivity index (χ1n) is 6.86. The Morgan fingerprint density at radius 3 is 2.61 bits per heavy atom. The molecular weight excluding hydrogens is 417 g/mol. The van der Waals surface area contributed by atoms with Crippen LogP contribution >= 0.6 is 22.6 Å². The van der Waals surface area contributed by atoms with Gasteiger partial charge in [0.15, 0.2) is 11.6 Å². The molecule has 0 atom stereocenters. The maximum atomic E-state index is 12.0. The van der Waals surface area contributed by atoms with Gasteiger partial charge in [0, 0.05) is 20.4 Å². The number of halogens is 1. The summed E-state index contributed by atoms with van der Waals surface area (Å²) in [6.07, 6.45) is 1.80. The molecule has 0 unspecified atom stereocenters. The number of imidazole rings is 1.